The fraction of sp³-hybridized carbons (Fsp3) is 0.385. The van der Waals surface area contributed by atoms with E-state index in [1.165, 1.54) is 15.6 Å². The van der Waals surface area contributed by atoms with Crippen LogP contribution in [0.1, 0.15) is 12.8 Å². The van der Waals surface area contributed by atoms with Crippen LogP contribution in [0.25, 0.3) is 10.1 Å². The van der Waals surface area contributed by atoms with Crippen molar-refractivity contribution in [3.8, 4) is 0 Å². The zero-order valence-electron chi connectivity index (χ0n) is 10.8. The maximum absolute atomic E-state index is 12.7. The van der Waals surface area contributed by atoms with Crippen molar-refractivity contribution in [2.75, 3.05) is 13.1 Å². The predicted molar refractivity (Wildman–Crippen MR) is 82.8 cm³/mol. The van der Waals surface area contributed by atoms with Crippen LogP contribution in [-0.2, 0) is 10.0 Å². The van der Waals surface area contributed by atoms with Crippen molar-refractivity contribution >= 4 is 43.0 Å². The normalized spacial score (nSPS) is 18.7. The molecule has 1 aromatic carbocycles. The average molecular weight is 331 g/mol. The number of thiophene rings is 1. The minimum atomic E-state index is -3.46. The number of fused-ring (bicyclic) bond motifs is 1. The van der Waals surface area contributed by atoms with E-state index in [-0.39, 0.29) is 6.04 Å². The van der Waals surface area contributed by atoms with Gasteiger partial charge in [-0.1, -0.05) is 11.6 Å². The van der Waals surface area contributed by atoms with Crippen molar-refractivity contribution < 1.29 is 8.42 Å². The molecule has 108 valence electrons. The molecular weight excluding hydrogens is 316 g/mol. The van der Waals surface area contributed by atoms with Gasteiger partial charge < -0.3 is 5.73 Å². The molecule has 0 aliphatic carbocycles. The molecule has 1 aliphatic heterocycles. The van der Waals surface area contributed by atoms with Gasteiger partial charge in [0.05, 0.1) is 0 Å². The lowest BCUT2D eigenvalue weighted by atomic mass is 10.1. The number of piperidine rings is 1. The van der Waals surface area contributed by atoms with E-state index in [4.69, 9.17) is 17.3 Å². The van der Waals surface area contributed by atoms with E-state index in [1.807, 2.05) is 6.07 Å². The molecule has 0 radical (unpaired) electrons. The van der Waals surface area contributed by atoms with Crippen molar-refractivity contribution in [2.45, 2.75) is 23.8 Å². The molecule has 3 rings (SSSR count). The first kappa shape index (κ1) is 14.3. The summed E-state index contributed by atoms with van der Waals surface area (Å²) in [7, 11) is -3.46. The van der Waals surface area contributed by atoms with Crippen LogP contribution >= 0.6 is 22.9 Å². The summed E-state index contributed by atoms with van der Waals surface area (Å²) in [5.41, 5.74) is 5.83. The highest BCUT2D eigenvalue weighted by Gasteiger charge is 2.30. The van der Waals surface area contributed by atoms with Gasteiger partial charge in [0.1, 0.15) is 4.90 Å². The molecule has 1 aliphatic rings. The van der Waals surface area contributed by atoms with E-state index in [1.54, 1.807) is 17.5 Å². The van der Waals surface area contributed by atoms with E-state index in [0.717, 1.165) is 4.70 Å². The molecular formula is C13H15ClN2O2S2. The lowest BCUT2D eigenvalue weighted by molar-refractivity contribution is 0.320. The number of benzene rings is 1. The fourth-order valence-corrected chi connectivity index (χ4v) is 5.52. The first-order valence-electron chi connectivity index (χ1n) is 6.41. The van der Waals surface area contributed by atoms with Crippen LogP contribution in [-0.4, -0.2) is 31.9 Å². The highest BCUT2D eigenvalue weighted by Crippen LogP contribution is 2.33. The van der Waals surface area contributed by atoms with E-state index < -0.39 is 10.0 Å². The molecule has 0 atom stereocenters. The van der Waals surface area contributed by atoms with E-state index in [0.29, 0.717) is 41.2 Å². The Kier molecular flexibility index (Phi) is 3.77. The Morgan fingerprint density at radius 1 is 1.30 bits per heavy atom. The van der Waals surface area contributed by atoms with Gasteiger partial charge in [-0.2, -0.15) is 4.31 Å². The van der Waals surface area contributed by atoms with Gasteiger partial charge in [0, 0.05) is 39.6 Å². The standard InChI is InChI=1S/C13H15ClN2O2S2/c14-9-1-2-12-11(7-9)13(8-19-12)20(17,18)16-5-3-10(15)4-6-16/h1-2,7-8,10H,3-6,15H2. The minimum Gasteiger partial charge on any atom is -0.328 e. The van der Waals surface area contributed by atoms with Crippen LogP contribution < -0.4 is 5.73 Å². The molecule has 1 aromatic heterocycles. The zero-order chi connectivity index (χ0) is 14.3. The Labute approximate surface area is 127 Å². The second-order valence-corrected chi connectivity index (χ2v) is 8.24. The van der Waals surface area contributed by atoms with Crippen LogP contribution in [0.5, 0.6) is 0 Å². The van der Waals surface area contributed by atoms with Gasteiger partial charge in [0.2, 0.25) is 10.0 Å². The number of nitrogens with zero attached hydrogens (tertiary/aromatic N) is 1. The van der Waals surface area contributed by atoms with Crippen LogP contribution in [0.3, 0.4) is 0 Å². The lowest BCUT2D eigenvalue weighted by Crippen LogP contribution is -2.42. The molecule has 2 aromatic rings. The third-order valence-corrected chi connectivity index (χ3v) is 6.90. The lowest BCUT2D eigenvalue weighted by Gasteiger charge is -2.29. The Bertz CT molecular complexity index is 734. The van der Waals surface area contributed by atoms with Crippen molar-refractivity contribution in [3.63, 3.8) is 0 Å². The summed E-state index contributed by atoms with van der Waals surface area (Å²) >= 11 is 7.41. The quantitative estimate of drug-likeness (QED) is 0.920. The second kappa shape index (κ2) is 5.27. The summed E-state index contributed by atoms with van der Waals surface area (Å²) in [6, 6.07) is 5.45. The molecule has 2 N–H and O–H groups in total. The summed E-state index contributed by atoms with van der Waals surface area (Å²) in [6.45, 7) is 0.975. The van der Waals surface area contributed by atoms with Gasteiger partial charge in [-0.25, -0.2) is 8.42 Å². The first-order valence-corrected chi connectivity index (χ1v) is 9.11. The van der Waals surface area contributed by atoms with Crippen LogP contribution in [0.15, 0.2) is 28.5 Å². The maximum atomic E-state index is 12.7. The van der Waals surface area contributed by atoms with Crippen molar-refractivity contribution in [3.05, 3.63) is 28.6 Å². The average Bonchev–Trinajstić information content (AvgIpc) is 2.82. The SMILES string of the molecule is NC1CCN(S(=O)(=O)c2csc3ccc(Cl)cc23)CC1. The topological polar surface area (TPSA) is 63.4 Å². The van der Waals surface area contributed by atoms with Gasteiger partial charge in [0.25, 0.3) is 0 Å². The summed E-state index contributed by atoms with van der Waals surface area (Å²) in [5.74, 6) is 0. The van der Waals surface area contributed by atoms with Crippen LogP contribution in [0, 0.1) is 0 Å². The first-order chi connectivity index (χ1) is 9.48. The van der Waals surface area contributed by atoms with Gasteiger partial charge in [-0.3, -0.25) is 0 Å². The van der Waals surface area contributed by atoms with Crippen molar-refractivity contribution in [2.24, 2.45) is 5.73 Å². The van der Waals surface area contributed by atoms with Crippen molar-refractivity contribution in [1.82, 2.24) is 4.31 Å². The smallest absolute Gasteiger partial charge is 0.244 e. The molecule has 20 heavy (non-hydrogen) atoms. The van der Waals surface area contributed by atoms with E-state index >= 15 is 0 Å². The predicted octanol–water partition coefficient (Wildman–Crippen LogP) is 2.67. The molecule has 0 unspecified atom stereocenters. The molecule has 0 saturated carbocycles. The van der Waals surface area contributed by atoms with E-state index in [2.05, 4.69) is 0 Å². The monoisotopic (exact) mass is 330 g/mol. The number of halogens is 1. The Morgan fingerprint density at radius 2 is 2.00 bits per heavy atom. The number of sulfonamides is 1. The third kappa shape index (κ3) is 2.46. The molecule has 1 fully saturated rings. The number of hydrogen-bond donors (Lipinski definition) is 1. The van der Waals surface area contributed by atoms with Gasteiger partial charge in [-0.05, 0) is 31.0 Å². The largest absolute Gasteiger partial charge is 0.328 e. The molecule has 7 heteroatoms. The van der Waals surface area contributed by atoms with Gasteiger partial charge in [-0.15, -0.1) is 11.3 Å². The molecule has 0 amide bonds. The molecule has 0 spiro atoms. The number of rotatable bonds is 2. The van der Waals surface area contributed by atoms with Gasteiger partial charge in [0.15, 0.2) is 0 Å². The summed E-state index contributed by atoms with van der Waals surface area (Å²) < 4.78 is 27.9. The van der Waals surface area contributed by atoms with Crippen LogP contribution in [0.4, 0.5) is 0 Å². The highest BCUT2D eigenvalue weighted by atomic mass is 35.5. The molecule has 0 bridgehead atoms. The Balaban J connectivity index is 2.03. The number of hydrogen-bond acceptors (Lipinski definition) is 4. The summed E-state index contributed by atoms with van der Waals surface area (Å²) in [6.07, 6.45) is 1.42. The Morgan fingerprint density at radius 3 is 2.70 bits per heavy atom. The fourth-order valence-electron chi connectivity index (χ4n) is 2.43. The summed E-state index contributed by atoms with van der Waals surface area (Å²) in [4.78, 5) is 0.357. The number of nitrogens with two attached hydrogens (primary N) is 1. The summed E-state index contributed by atoms with van der Waals surface area (Å²) in [5, 5.41) is 2.95. The molecule has 2 heterocycles. The third-order valence-electron chi connectivity index (χ3n) is 3.62. The maximum Gasteiger partial charge on any atom is 0.244 e. The van der Waals surface area contributed by atoms with Crippen molar-refractivity contribution in [1.29, 1.82) is 0 Å². The Hall–Kier alpha value is -0.660. The molecule has 4 nitrogen and oxygen atoms in total. The van der Waals surface area contributed by atoms with Crippen LogP contribution in [0.2, 0.25) is 5.02 Å². The zero-order valence-corrected chi connectivity index (χ0v) is 13.1. The van der Waals surface area contributed by atoms with E-state index in [9.17, 15) is 8.42 Å². The van der Waals surface area contributed by atoms with Gasteiger partial charge >= 0.3 is 0 Å². The highest BCUT2D eigenvalue weighted by molar-refractivity contribution is 7.89. The minimum absolute atomic E-state index is 0.107. The second-order valence-electron chi connectivity index (χ2n) is 4.98. The molecule has 1 saturated heterocycles.